The monoisotopic (exact) mass is 338 g/mol. The molecular weight excluding hydrogens is 327 g/mol. The van der Waals surface area contributed by atoms with E-state index in [1.807, 2.05) is 0 Å². The van der Waals surface area contributed by atoms with Crippen LogP contribution in [0.25, 0.3) is 0 Å². The molecule has 2 aromatic carbocycles. The van der Waals surface area contributed by atoms with Crippen LogP contribution >= 0.6 is 0 Å². The van der Waals surface area contributed by atoms with Crippen LogP contribution in [0.2, 0.25) is 0 Å². The van der Waals surface area contributed by atoms with Crippen molar-refractivity contribution in [1.29, 1.82) is 0 Å². The van der Waals surface area contributed by atoms with Crippen molar-refractivity contribution in [3.05, 3.63) is 60.7 Å². The molecule has 0 aliphatic carbocycles. The predicted octanol–water partition coefficient (Wildman–Crippen LogP) is -1.10. The summed E-state index contributed by atoms with van der Waals surface area (Å²) in [5.74, 6) is -0.0537. The minimum Gasteiger partial charge on any atom is -1.00 e. The molecule has 0 bridgehead atoms. The fourth-order valence-corrected chi connectivity index (χ4v) is 4.05. The summed E-state index contributed by atoms with van der Waals surface area (Å²) in [6.07, 6.45) is 0. The Hall–Kier alpha value is -0.224. The molecule has 0 aromatic heterocycles. The smallest absolute Gasteiger partial charge is 1.00 e. The Morgan fingerprint density at radius 1 is 0.750 bits per heavy atom. The number of benzene rings is 2. The minimum absolute atomic E-state index is 0. The zero-order valence-electron chi connectivity index (χ0n) is 11.6. The average Bonchev–Trinajstić information content (AvgIpc) is 2.40. The summed E-state index contributed by atoms with van der Waals surface area (Å²) in [5.41, 5.74) is 0. The first-order valence-electron chi connectivity index (χ1n) is 5.23. The molecule has 2 rings (SSSR count). The third-order valence-corrected chi connectivity index (χ3v) is 6.42. The van der Waals surface area contributed by atoms with Gasteiger partial charge in [-0.15, -0.1) is 0 Å². The second-order valence-electron chi connectivity index (χ2n) is 3.57. The molecule has 0 unspecified atom stereocenters. The summed E-state index contributed by atoms with van der Waals surface area (Å²) in [7, 11) is -9.38. The maximum atomic E-state index is 11.9. The molecule has 0 atom stereocenters. The summed E-state index contributed by atoms with van der Waals surface area (Å²) in [6.45, 7) is 0. The van der Waals surface area contributed by atoms with Gasteiger partial charge in [0.2, 0.25) is 0 Å². The van der Waals surface area contributed by atoms with Gasteiger partial charge in [0.05, 0.1) is 4.90 Å². The fourth-order valence-electron chi connectivity index (χ4n) is 1.34. The predicted molar refractivity (Wildman–Crippen MR) is 70.7 cm³/mol. The summed E-state index contributed by atoms with van der Waals surface area (Å²) >= 11 is 0. The molecule has 0 aliphatic heterocycles. The quantitative estimate of drug-likeness (QED) is 0.522. The molecule has 0 saturated heterocycles. The van der Waals surface area contributed by atoms with E-state index in [2.05, 4.69) is 4.18 Å². The first kappa shape index (κ1) is 17.8. The maximum Gasteiger partial charge on any atom is 1.00 e. The zero-order chi connectivity index (χ0) is 13.9. The molecule has 0 amide bonds. The SMILES string of the molecule is O=S(=O)(Oc1ccccc1)S(=O)(=O)c1ccccc1.[H-].[K+]. The molecule has 8 heteroatoms. The van der Waals surface area contributed by atoms with Gasteiger partial charge >= 0.3 is 69.4 Å². The van der Waals surface area contributed by atoms with Crippen molar-refractivity contribution >= 4 is 18.0 Å². The molecule has 0 N–H and O–H groups in total. The van der Waals surface area contributed by atoms with Gasteiger partial charge in [-0.3, -0.25) is 0 Å². The number of hydrogen-bond acceptors (Lipinski definition) is 5. The van der Waals surface area contributed by atoms with Crippen LogP contribution in [0.3, 0.4) is 0 Å². The summed E-state index contributed by atoms with van der Waals surface area (Å²) in [6, 6.07) is 14.3. The largest absolute Gasteiger partial charge is 1.00 e. The van der Waals surface area contributed by atoms with Crippen LogP contribution in [0.1, 0.15) is 1.43 Å². The van der Waals surface area contributed by atoms with Gasteiger partial charge in [0.15, 0.2) is 0 Å². The van der Waals surface area contributed by atoms with Gasteiger partial charge in [-0.2, -0.15) is 8.42 Å². The van der Waals surface area contributed by atoms with Crippen LogP contribution in [0.4, 0.5) is 0 Å². The van der Waals surface area contributed by atoms with E-state index in [1.165, 1.54) is 36.4 Å². The Bertz CT molecular complexity index is 762. The van der Waals surface area contributed by atoms with Gasteiger partial charge in [0, 0.05) is 0 Å². The Morgan fingerprint density at radius 2 is 1.20 bits per heavy atom. The number of hydrogen-bond donors (Lipinski definition) is 0. The summed E-state index contributed by atoms with van der Waals surface area (Å²) < 4.78 is 52.1. The van der Waals surface area contributed by atoms with Crippen molar-refractivity contribution in [2.75, 3.05) is 0 Å². The number of para-hydroxylation sites is 1. The normalized spacial score (nSPS) is 11.4. The average molecular weight is 338 g/mol. The third-order valence-electron chi connectivity index (χ3n) is 2.24. The molecule has 0 heterocycles. The van der Waals surface area contributed by atoms with Crippen molar-refractivity contribution < 1.29 is 73.8 Å². The second kappa shape index (κ2) is 7.17. The molecule has 0 aliphatic rings. The van der Waals surface area contributed by atoms with Gasteiger partial charge in [0.25, 0.3) is 0 Å². The topological polar surface area (TPSA) is 77.5 Å². The first-order chi connectivity index (χ1) is 8.93. The van der Waals surface area contributed by atoms with Crippen molar-refractivity contribution in [3.8, 4) is 5.75 Å². The molecule has 0 radical (unpaired) electrons. The van der Waals surface area contributed by atoms with Crippen molar-refractivity contribution in [2.24, 2.45) is 0 Å². The van der Waals surface area contributed by atoms with Gasteiger partial charge in [-0.05, 0) is 24.3 Å². The molecule has 0 fully saturated rings. The van der Waals surface area contributed by atoms with E-state index >= 15 is 0 Å². The minimum atomic E-state index is -4.79. The molecule has 5 nitrogen and oxygen atoms in total. The summed E-state index contributed by atoms with van der Waals surface area (Å²) in [5, 5.41) is 0. The van der Waals surface area contributed by atoms with Gasteiger partial charge in [0.1, 0.15) is 5.75 Å². The van der Waals surface area contributed by atoms with Gasteiger partial charge < -0.3 is 5.61 Å². The van der Waals surface area contributed by atoms with E-state index in [1.54, 1.807) is 24.3 Å². The van der Waals surface area contributed by atoms with Crippen LogP contribution in [0.5, 0.6) is 5.75 Å². The van der Waals surface area contributed by atoms with E-state index in [-0.39, 0.29) is 63.5 Å². The Labute approximate surface area is 161 Å². The standard InChI is InChI=1S/C12H10O5S2.K.H/c13-18(14,12-9-5-2-6-10-12)19(15,16)17-11-7-3-1-4-8-11;;/h1-10H;;/q;+1;-1. The first-order valence-corrected chi connectivity index (χ1v) is 8.64. The van der Waals surface area contributed by atoms with E-state index < -0.39 is 18.0 Å². The van der Waals surface area contributed by atoms with E-state index in [0.29, 0.717) is 0 Å². The molecule has 2 aromatic rings. The van der Waals surface area contributed by atoms with Crippen molar-refractivity contribution in [2.45, 2.75) is 4.90 Å². The summed E-state index contributed by atoms with van der Waals surface area (Å²) in [4.78, 5) is -0.328. The molecule has 20 heavy (non-hydrogen) atoms. The van der Waals surface area contributed by atoms with Gasteiger partial charge in [-0.25, -0.2) is 8.42 Å². The van der Waals surface area contributed by atoms with Gasteiger partial charge in [-0.1, -0.05) is 36.4 Å². The van der Waals surface area contributed by atoms with Crippen LogP contribution in [0.15, 0.2) is 65.6 Å². The second-order valence-corrected chi connectivity index (χ2v) is 8.48. The van der Waals surface area contributed by atoms with Crippen LogP contribution in [-0.4, -0.2) is 16.8 Å². The Balaban J connectivity index is 0.00000200. The van der Waals surface area contributed by atoms with E-state index in [9.17, 15) is 16.8 Å². The maximum absolute atomic E-state index is 11.9. The third kappa shape index (κ3) is 3.91. The Kier molecular flexibility index (Phi) is 6.39. The van der Waals surface area contributed by atoms with Crippen LogP contribution < -0.4 is 55.6 Å². The Morgan fingerprint density at radius 3 is 1.70 bits per heavy atom. The molecule has 0 spiro atoms. The zero-order valence-corrected chi connectivity index (χ0v) is 15.4. The van der Waals surface area contributed by atoms with Crippen LogP contribution in [0, 0.1) is 0 Å². The molecule has 0 saturated carbocycles. The number of rotatable bonds is 4. The molecule has 102 valence electrons. The van der Waals surface area contributed by atoms with E-state index in [0.717, 1.165) is 0 Å². The van der Waals surface area contributed by atoms with E-state index in [4.69, 9.17) is 0 Å². The van der Waals surface area contributed by atoms with Crippen molar-refractivity contribution in [3.63, 3.8) is 0 Å². The molecular formula is C12H11KO5S2. The van der Waals surface area contributed by atoms with Crippen molar-refractivity contribution in [1.82, 2.24) is 0 Å². The fraction of sp³-hybridized carbons (Fsp3) is 0. The van der Waals surface area contributed by atoms with Crippen LogP contribution in [-0.2, 0) is 18.0 Å².